The summed E-state index contributed by atoms with van der Waals surface area (Å²) in [7, 11) is 0. The third kappa shape index (κ3) is 4.06. The standard InChI is InChI=1S/C23H24N6O2/c30-22(24-15-19-12-7-13-31-19)16-28-20(17-8-3-1-4-9-17)14-21(18-10-5-2-6-11-18)29-23(28)25-26-27-29/h1-6,8-11,14,19,21H,7,12-13,15-16H2,(H,24,30)/t19-,21-/m1/s1. The molecule has 2 aromatic carbocycles. The number of ether oxygens (including phenoxy) is 1. The molecule has 1 N–H and O–H groups in total. The first kappa shape index (κ1) is 19.4. The summed E-state index contributed by atoms with van der Waals surface area (Å²) in [6.45, 7) is 1.41. The van der Waals surface area contributed by atoms with E-state index in [1.165, 1.54) is 0 Å². The van der Waals surface area contributed by atoms with Gasteiger partial charge in [0.2, 0.25) is 5.91 Å². The Hall–Kier alpha value is -3.52. The van der Waals surface area contributed by atoms with Gasteiger partial charge in [-0.05, 0) is 40.5 Å². The molecule has 0 bridgehead atoms. The van der Waals surface area contributed by atoms with Crippen LogP contribution in [-0.2, 0) is 9.53 Å². The van der Waals surface area contributed by atoms with E-state index in [1.54, 1.807) is 4.68 Å². The lowest BCUT2D eigenvalue weighted by Gasteiger charge is -2.32. The molecule has 0 aliphatic carbocycles. The van der Waals surface area contributed by atoms with Crippen molar-refractivity contribution in [1.29, 1.82) is 0 Å². The average Bonchev–Trinajstić information content (AvgIpc) is 3.51. The van der Waals surface area contributed by atoms with Gasteiger partial charge in [0.1, 0.15) is 12.6 Å². The number of benzene rings is 2. The van der Waals surface area contributed by atoms with Crippen LogP contribution in [0.2, 0.25) is 0 Å². The van der Waals surface area contributed by atoms with E-state index in [-0.39, 0.29) is 24.6 Å². The number of tetrazole rings is 1. The van der Waals surface area contributed by atoms with Crippen molar-refractivity contribution in [3.8, 4) is 0 Å². The second kappa shape index (κ2) is 8.69. The molecule has 0 radical (unpaired) electrons. The maximum atomic E-state index is 12.8. The van der Waals surface area contributed by atoms with Crippen molar-refractivity contribution in [2.75, 3.05) is 24.6 Å². The molecule has 2 aliphatic heterocycles. The van der Waals surface area contributed by atoms with E-state index >= 15 is 0 Å². The molecule has 1 aromatic heterocycles. The fourth-order valence-corrected chi connectivity index (χ4v) is 4.10. The van der Waals surface area contributed by atoms with Crippen molar-refractivity contribution in [1.82, 2.24) is 25.5 Å². The summed E-state index contributed by atoms with van der Waals surface area (Å²) in [4.78, 5) is 14.7. The summed E-state index contributed by atoms with van der Waals surface area (Å²) in [6, 6.07) is 20.0. The number of nitrogens with one attached hydrogen (secondary N) is 1. The molecule has 1 fully saturated rings. The third-order valence-corrected chi connectivity index (χ3v) is 5.65. The van der Waals surface area contributed by atoms with Crippen molar-refractivity contribution < 1.29 is 9.53 Å². The third-order valence-electron chi connectivity index (χ3n) is 5.65. The van der Waals surface area contributed by atoms with Crippen LogP contribution in [0.25, 0.3) is 5.70 Å². The SMILES string of the molecule is O=C(CN1C(c2ccccc2)=C[C@H](c2ccccc2)n2nnnc21)NC[C@H]1CCCO1. The van der Waals surface area contributed by atoms with Gasteiger partial charge in [0.15, 0.2) is 0 Å². The molecule has 1 amide bonds. The first-order valence-electron chi connectivity index (χ1n) is 10.6. The van der Waals surface area contributed by atoms with Crippen LogP contribution in [0.15, 0.2) is 66.7 Å². The van der Waals surface area contributed by atoms with E-state index in [0.717, 1.165) is 36.3 Å². The summed E-state index contributed by atoms with van der Waals surface area (Å²) in [5, 5.41) is 15.4. The maximum absolute atomic E-state index is 12.8. The van der Waals surface area contributed by atoms with Crippen molar-refractivity contribution in [2.45, 2.75) is 25.0 Å². The fourth-order valence-electron chi connectivity index (χ4n) is 4.10. The number of allylic oxidation sites excluding steroid dienone is 1. The molecule has 31 heavy (non-hydrogen) atoms. The average molecular weight is 416 g/mol. The zero-order valence-corrected chi connectivity index (χ0v) is 17.1. The Morgan fingerprint density at radius 3 is 2.61 bits per heavy atom. The topological polar surface area (TPSA) is 85.2 Å². The molecule has 3 heterocycles. The zero-order valence-electron chi connectivity index (χ0n) is 17.1. The number of hydrogen-bond donors (Lipinski definition) is 1. The van der Waals surface area contributed by atoms with E-state index in [0.29, 0.717) is 12.5 Å². The number of hydrogen-bond acceptors (Lipinski definition) is 6. The molecule has 8 heteroatoms. The lowest BCUT2D eigenvalue weighted by atomic mass is 10.0. The number of aromatic nitrogens is 4. The minimum absolute atomic E-state index is 0.0926. The fraction of sp³-hybridized carbons (Fsp3) is 0.304. The zero-order chi connectivity index (χ0) is 21.0. The Kier molecular flexibility index (Phi) is 5.45. The van der Waals surface area contributed by atoms with Gasteiger partial charge in [-0.3, -0.25) is 9.69 Å². The highest BCUT2D eigenvalue weighted by atomic mass is 16.5. The second-order valence-corrected chi connectivity index (χ2v) is 7.72. The smallest absolute Gasteiger partial charge is 0.251 e. The number of anilines is 1. The van der Waals surface area contributed by atoms with E-state index in [9.17, 15) is 4.79 Å². The molecule has 0 unspecified atom stereocenters. The minimum Gasteiger partial charge on any atom is -0.376 e. The van der Waals surface area contributed by atoms with Gasteiger partial charge in [-0.1, -0.05) is 65.8 Å². The number of amides is 1. The van der Waals surface area contributed by atoms with Gasteiger partial charge in [0.25, 0.3) is 5.95 Å². The predicted molar refractivity (Wildman–Crippen MR) is 116 cm³/mol. The Labute approximate surface area is 180 Å². The number of carbonyl (C=O) groups excluding carboxylic acids is 1. The molecule has 0 saturated carbocycles. The van der Waals surface area contributed by atoms with Crippen molar-refractivity contribution in [2.24, 2.45) is 0 Å². The highest BCUT2D eigenvalue weighted by molar-refractivity contribution is 5.89. The molecule has 5 rings (SSSR count). The summed E-state index contributed by atoms with van der Waals surface area (Å²) in [5.41, 5.74) is 2.99. The van der Waals surface area contributed by atoms with E-state index < -0.39 is 0 Å². The van der Waals surface area contributed by atoms with E-state index in [4.69, 9.17) is 4.74 Å². The molecule has 2 aliphatic rings. The molecule has 3 aromatic rings. The van der Waals surface area contributed by atoms with E-state index in [1.807, 2.05) is 53.4 Å². The van der Waals surface area contributed by atoms with E-state index in [2.05, 4.69) is 39.1 Å². The van der Waals surface area contributed by atoms with Crippen LogP contribution >= 0.6 is 0 Å². The van der Waals surface area contributed by atoms with Crippen LogP contribution in [-0.4, -0.2) is 51.9 Å². The summed E-state index contributed by atoms with van der Waals surface area (Å²) >= 11 is 0. The summed E-state index contributed by atoms with van der Waals surface area (Å²) in [5.74, 6) is 0.451. The van der Waals surface area contributed by atoms with Crippen LogP contribution < -0.4 is 10.2 Å². The largest absolute Gasteiger partial charge is 0.376 e. The van der Waals surface area contributed by atoms with Gasteiger partial charge in [-0.25, -0.2) is 0 Å². The first-order chi connectivity index (χ1) is 15.3. The number of nitrogens with zero attached hydrogens (tertiary/aromatic N) is 5. The lowest BCUT2D eigenvalue weighted by Crippen LogP contribution is -2.42. The van der Waals surface area contributed by atoms with Gasteiger partial charge in [-0.2, -0.15) is 4.68 Å². The van der Waals surface area contributed by atoms with Crippen LogP contribution in [0.4, 0.5) is 5.95 Å². The molecule has 8 nitrogen and oxygen atoms in total. The van der Waals surface area contributed by atoms with Crippen molar-refractivity contribution >= 4 is 17.6 Å². The maximum Gasteiger partial charge on any atom is 0.251 e. The first-order valence-corrected chi connectivity index (χ1v) is 10.6. The highest BCUT2D eigenvalue weighted by Crippen LogP contribution is 2.35. The Balaban J connectivity index is 1.46. The second-order valence-electron chi connectivity index (χ2n) is 7.72. The molecule has 158 valence electrons. The number of fused-ring (bicyclic) bond motifs is 1. The molecule has 2 atom stereocenters. The van der Waals surface area contributed by atoms with Gasteiger partial charge in [0, 0.05) is 13.2 Å². The quantitative estimate of drug-likeness (QED) is 0.664. The molecular weight excluding hydrogens is 392 g/mol. The van der Waals surface area contributed by atoms with Gasteiger partial charge in [-0.15, -0.1) is 0 Å². The van der Waals surface area contributed by atoms with Crippen molar-refractivity contribution in [3.63, 3.8) is 0 Å². The van der Waals surface area contributed by atoms with Gasteiger partial charge >= 0.3 is 0 Å². The van der Waals surface area contributed by atoms with Crippen LogP contribution in [0.3, 0.4) is 0 Å². The predicted octanol–water partition coefficient (Wildman–Crippen LogP) is 2.42. The number of rotatable bonds is 6. The van der Waals surface area contributed by atoms with Crippen molar-refractivity contribution in [3.05, 3.63) is 77.9 Å². The minimum atomic E-state index is -0.160. The summed E-state index contributed by atoms with van der Waals surface area (Å²) in [6.07, 6.45) is 4.24. The van der Waals surface area contributed by atoms with Gasteiger partial charge < -0.3 is 10.1 Å². The molecule has 1 saturated heterocycles. The lowest BCUT2D eigenvalue weighted by molar-refractivity contribution is -0.120. The molecular formula is C23H24N6O2. The monoisotopic (exact) mass is 416 g/mol. The van der Waals surface area contributed by atoms with Crippen LogP contribution in [0.5, 0.6) is 0 Å². The van der Waals surface area contributed by atoms with Gasteiger partial charge in [0.05, 0.1) is 11.8 Å². The number of carbonyl (C=O) groups is 1. The Morgan fingerprint density at radius 1 is 1.10 bits per heavy atom. The highest BCUT2D eigenvalue weighted by Gasteiger charge is 2.32. The Bertz CT molecular complexity index is 1060. The summed E-state index contributed by atoms with van der Waals surface area (Å²) < 4.78 is 7.37. The van der Waals surface area contributed by atoms with Crippen LogP contribution in [0, 0.1) is 0 Å². The normalized spacial score (nSPS) is 20.3. The van der Waals surface area contributed by atoms with Crippen LogP contribution in [0.1, 0.15) is 30.0 Å². The molecule has 0 spiro atoms. The Morgan fingerprint density at radius 2 is 1.87 bits per heavy atom.